The average molecular weight is 891 g/mol. The number of fused-ring (bicyclic) bond motifs is 2. The highest BCUT2D eigenvalue weighted by Crippen LogP contribution is 2.30. The minimum Gasteiger partial charge on any atom is -0.456 e. The van der Waals surface area contributed by atoms with E-state index in [0.29, 0.717) is 85.6 Å². The van der Waals surface area contributed by atoms with Crippen molar-refractivity contribution < 1.29 is 37.8 Å². The minimum atomic E-state index is -0.930. The Bertz CT molecular complexity index is 2500. The molecule has 0 bridgehead atoms. The number of carbonyl (C=O) groups excluding carboxylic acids is 4. The highest BCUT2D eigenvalue weighted by Gasteiger charge is 2.39. The third-order valence-electron chi connectivity index (χ3n) is 12.6. The van der Waals surface area contributed by atoms with E-state index < -0.39 is 24.3 Å². The molecule has 0 spiro atoms. The summed E-state index contributed by atoms with van der Waals surface area (Å²) in [7, 11) is 1.27. The molecule has 5 atom stereocenters. The summed E-state index contributed by atoms with van der Waals surface area (Å²) in [4.78, 5) is 77.0. The molecule has 65 heavy (non-hydrogen) atoms. The summed E-state index contributed by atoms with van der Waals surface area (Å²) in [6.45, 7) is 6.76. The second-order valence-electron chi connectivity index (χ2n) is 17.4. The van der Waals surface area contributed by atoms with Crippen LogP contribution in [0.1, 0.15) is 93.6 Å². The molecular formula is C48H58N8O9. The lowest BCUT2D eigenvalue weighted by Gasteiger charge is -2.30. The van der Waals surface area contributed by atoms with Gasteiger partial charge in [-0.25, -0.2) is 9.59 Å². The monoisotopic (exact) mass is 890 g/mol. The normalized spacial score (nSPS) is 20.7. The predicted octanol–water partition coefficient (Wildman–Crippen LogP) is 5.34. The molecule has 2 saturated heterocycles. The summed E-state index contributed by atoms with van der Waals surface area (Å²) in [6.07, 6.45) is 3.48. The largest absolute Gasteiger partial charge is 0.456 e. The third-order valence-corrected chi connectivity index (χ3v) is 12.6. The van der Waals surface area contributed by atoms with E-state index in [0.717, 1.165) is 49.1 Å². The van der Waals surface area contributed by atoms with Crippen LogP contribution in [-0.2, 0) is 23.8 Å². The molecular weight excluding hydrogens is 833 g/mol. The zero-order chi connectivity index (χ0) is 45.5. The molecule has 17 heteroatoms. The van der Waals surface area contributed by atoms with Gasteiger partial charge in [-0.2, -0.15) is 0 Å². The number of carbonyl (C=O) groups is 4. The van der Waals surface area contributed by atoms with E-state index >= 15 is 0 Å². The Balaban J connectivity index is 0.866. The SMILES string of the molecule is COC(=O)N[C@H](C(=O)NCCCCC1=NCC(c2ccc3c(=O)c4cc(C5CN=C([C@@H]6CCCN6C(=O)[C@H](NC(=O)OC6CCOCC6)c6ccccc6)N5)ccc4oc3c2)N1)C(C)C. The maximum absolute atomic E-state index is 14.3. The maximum Gasteiger partial charge on any atom is 0.408 e. The Morgan fingerprint density at radius 3 is 2.38 bits per heavy atom. The number of hydrogen-bond donors (Lipinski definition) is 5. The number of methoxy groups -OCH3 is 1. The van der Waals surface area contributed by atoms with Crippen LogP contribution in [0.2, 0.25) is 0 Å². The summed E-state index contributed by atoms with van der Waals surface area (Å²) >= 11 is 0. The van der Waals surface area contributed by atoms with Crippen molar-refractivity contribution in [2.24, 2.45) is 15.9 Å². The number of likely N-dealkylation sites (tertiary alicyclic amines) is 1. The first-order chi connectivity index (χ1) is 31.6. The van der Waals surface area contributed by atoms with Crippen molar-refractivity contribution in [3.8, 4) is 0 Å². The predicted molar refractivity (Wildman–Crippen MR) is 245 cm³/mol. The first-order valence-electron chi connectivity index (χ1n) is 22.7. The van der Waals surface area contributed by atoms with Crippen molar-refractivity contribution in [3.05, 3.63) is 93.6 Å². The van der Waals surface area contributed by atoms with Crippen molar-refractivity contribution >= 4 is 57.6 Å². The molecule has 5 N–H and O–H groups in total. The zero-order valence-electron chi connectivity index (χ0n) is 37.1. The standard InChI is InChI=1S/C48H58N8O9/c1-28(2)41(54-47(60)62-3)45(58)49-20-8-7-13-40-50-26-35(52-40)31-14-16-33-39(25-31)65-38-17-15-30(24-34(38)43(33)57)36-27-51-44(53-36)37-12-9-21-56(37)46(59)42(29-10-5-4-6-11-29)55-48(61)64-32-18-22-63-23-19-32/h4-6,10-11,14-17,24-25,28,32,35-37,41-42H,7-9,12-13,18-23,26-27H2,1-3H3,(H,49,58)(H,50,52)(H,51,53)(H,54,60)(H,55,61)/t35?,36?,37-,41-,42+/m0/s1. The van der Waals surface area contributed by atoms with Crippen LogP contribution >= 0.6 is 0 Å². The molecule has 8 rings (SSSR count). The van der Waals surface area contributed by atoms with Crippen molar-refractivity contribution in [2.45, 2.75) is 95.1 Å². The lowest BCUT2D eigenvalue weighted by atomic mass is 10.0. The molecule has 4 aliphatic heterocycles. The van der Waals surface area contributed by atoms with Crippen LogP contribution in [0.4, 0.5) is 9.59 Å². The number of nitrogens with zero attached hydrogens (tertiary/aromatic N) is 3. The Morgan fingerprint density at radius 2 is 1.60 bits per heavy atom. The molecule has 4 aliphatic rings. The highest BCUT2D eigenvalue weighted by molar-refractivity contribution is 5.96. The molecule has 17 nitrogen and oxygen atoms in total. The molecule has 0 radical (unpaired) electrons. The van der Waals surface area contributed by atoms with Crippen molar-refractivity contribution in [2.75, 3.05) is 46.5 Å². The van der Waals surface area contributed by atoms with Gasteiger partial charge in [0.1, 0.15) is 35.2 Å². The number of benzene rings is 3. The lowest BCUT2D eigenvalue weighted by molar-refractivity contribution is -0.133. The van der Waals surface area contributed by atoms with Gasteiger partial charge in [0.2, 0.25) is 11.3 Å². The van der Waals surface area contributed by atoms with E-state index in [-0.39, 0.29) is 47.4 Å². The zero-order valence-corrected chi connectivity index (χ0v) is 37.1. The summed E-state index contributed by atoms with van der Waals surface area (Å²) in [5, 5.41) is 16.4. The first kappa shape index (κ1) is 45.1. The molecule has 1 aromatic heterocycles. The summed E-state index contributed by atoms with van der Waals surface area (Å²) in [5.41, 5.74) is 3.36. The summed E-state index contributed by atoms with van der Waals surface area (Å²) < 4.78 is 22.1. The van der Waals surface area contributed by atoms with E-state index in [1.165, 1.54) is 7.11 Å². The summed E-state index contributed by atoms with van der Waals surface area (Å²) in [5.74, 6) is 1.03. The van der Waals surface area contributed by atoms with Crippen LogP contribution < -0.4 is 32.0 Å². The van der Waals surface area contributed by atoms with Gasteiger partial charge in [0.25, 0.3) is 5.91 Å². The second-order valence-corrected chi connectivity index (χ2v) is 17.4. The number of aliphatic imine (C=N–C) groups is 2. The number of ether oxygens (including phenoxy) is 3. The Labute approximate surface area is 377 Å². The molecule has 2 unspecified atom stereocenters. The average Bonchev–Trinajstić information content (AvgIpc) is 4.12. The Kier molecular flexibility index (Phi) is 14.3. The van der Waals surface area contributed by atoms with Gasteiger partial charge in [-0.05, 0) is 72.6 Å². The van der Waals surface area contributed by atoms with E-state index in [9.17, 15) is 24.0 Å². The lowest BCUT2D eigenvalue weighted by Crippen LogP contribution is -2.50. The van der Waals surface area contributed by atoms with Crippen LogP contribution in [0, 0.1) is 5.92 Å². The van der Waals surface area contributed by atoms with Gasteiger partial charge < -0.3 is 50.1 Å². The van der Waals surface area contributed by atoms with E-state index in [1.807, 2.05) is 80.6 Å². The molecule has 2 fully saturated rings. The van der Waals surface area contributed by atoms with Gasteiger partial charge in [0.05, 0.1) is 68.1 Å². The quantitative estimate of drug-likeness (QED) is 0.0760. The summed E-state index contributed by atoms with van der Waals surface area (Å²) in [6, 6.07) is 18.3. The number of nitrogens with one attached hydrogen (secondary N) is 5. The van der Waals surface area contributed by atoms with Gasteiger partial charge in [-0.3, -0.25) is 24.4 Å². The topological polar surface area (TPSA) is 214 Å². The fourth-order valence-corrected chi connectivity index (χ4v) is 8.98. The molecule has 4 amide bonds. The number of hydrogen-bond acceptors (Lipinski definition) is 13. The highest BCUT2D eigenvalue weighted by atomic mass is 16.6. The van der Waals surface area contributed by atoms with Crippen LogP contribution in [0.15, 0.2) is 85.9 Å². The molecule has 0 aliphatic carbocycles. The van der Waals surface area contributed by atoms with Crippen LogP contribution in [0.3, 0.4) is 0 Å². The van der Waals surface area contributed by atoms with Crippen LogP contribution in [-0.4, -0.2) is 105 Å². The van der Waals surface area contributed by atoms with Gasteiger partial charge in [0, 0.05) is 32.4 Å². The first-order valence-corrected chi connectivity index (χ1v) is 22.7. The van der Waals surface area contributed by atoms with Crippen molar-refractivity contribution in [1.82, 2.24) is 31.5 Å². The molecule has 3 aromatic carbocycles. The van der Waals surface area contributed by atoms with E-state index in [4.69, 9.17) is 23.9 Å². The molecule has 344 valence electrons. The fourth-order valence-electron chi connectivity index (χ4n) is 8.98. The van der Waals surface area contributed by atoms with Gasteiger partial charge in [-0.1, -0.05) is 56.3 Å². The Hall–Kier alpha value is -6.49. The van der Waals surface area contributed by atoms with Crippen LogP contribution in [0.25, 0.3) is 21.9 Å². The van der Waals surface area contributed by atoms with E-state index in [2.05, 4.69) is 31.3 Å². The van der Waals surface area contributed by atoms with Gasteiger partial charge >= 0.3 is 12.2 Å². The molecule has 4 aromatic rings. The second kappa shape index (κ2) is 20.6. The van der Waals surface area contributed by atoms with Gasteiger partial charge in [0.15, 0.2) is 0 Å². The number of amides is 4. The smallest absolute Gasteiger partial charge is 0.408 e. The van der Waals surface area contributed by atoms with Crippen molar-refractivity contribution in [3.63, 3.8) is 0 Å². The maximum atomic E-state index is 14.3. The van der Waals surface area contributed by atoms with E-state index in [1.54, 1.807) is 4.90 Å². The van der Waals surface area contributed by atoms with Crippen LogP contribution in [0.5, 0.6) is 0 Å². The van der Waals surface area contributed by atoms with Gasteiger partial charge in [-0.15, -0.1) is 0 Å². The molecule has 0 saturated carbocycles. The number of alkyl carbamates (subject to hydrolysis) is 2. The number of amidine groups is 2. The number of rotatable bonds is 15. The fraction of sp³-hybridized carbons (Fsp3) is 0.479. The van der Waals surface area contributed by atoms with Crippen molar-refractivity contribution in [1.29, 1.82) is 0 Å². The molecule has 5 heterocycles. The number of unbranched alkanes of at least 4 members (excludes halogenated alkanes) is 1. The Morgan fingerprint density at radius 1 is 0.846 bits per heavy atom. The minimum absolute atomic E-state index is 0.0680. The third kappa shape index (κ3) is 10.6.